The van der Waals surface area contributed by atoms with E-state index in [0.29, 0.717) is 11.3 Å². The van der Waals surface area contributed by atoms with Gasteiger partial charge in [0.25, 0.3) is 0 Å². The number of amides is 2. The molecule has 0 saturated carbocycles. The van der Waals surface area contributed by atoms with Crippen LogP contribution in [0.2, 0.25) is 0 Å². The number of halogens is 1. The molecular weight excluding hydrogens is 325 g/mol. The standard InChI is InChI=1S/C18H22FN3O3/c1-25-17(23)15-14(11-22-9-3-2-4-10-22)20-18(24)21-16(15)12-5-7-13(19)8-6-12/h5-8,11,15-16H,2-4,9-10H2,1H3,(H2,20,21,24)/b14-11+/t15-,16-/m1/s1. The molecule has 2 saturated heterocycles. The molecule has 0 radical (unpaired) electrons. The molecule has 2 aliphatic rings. The number of nitrogens with zero attached hydrogens (tertiary/aromatic N) is 1. The van der Waals surface area contributed by atoms with E-state index < -0.39 is 24.0 Å². The predicted molar refractivity (Wildman–Crippen MR) is 89.8 cm³/mol. The average Bonchev–Trinajstić information content (AvgIpc) is 2.62. The smallest absolute Gasteiger partial charge is 0.319 e. The molecule has 134 valence electrons. The van der Waals surface area contributed by atoms with Gasteiger partial charge in [-0.2, -0.15) is 0 Å². The Morgan fingerprint density at radius 2 is 1.92 bits per heavy atom. The summed E-state index contributed by atoms with van der Waals surface area (Å²) in [7, 11) is 1.32. The van der Waals surface area contributed by atoms with E-state index in [2.05, 4.69) is 15.5 Å². The van der Waals surface area contributed by atoms with Crippen molar-refractivity contribution >= 4 is 12.0 Å². The van der Waals surface area contributed by atoms with Gasteiger partial charge in [0.1, 0.15) is 11.7 Å². The lowest BCUT2D eigenvalue weighted by Gasteiger charge is -2.35. The molecule has 2 aliphatic heterocycles. The highest BCUT2D eigenvalue weighted by Gasteiger charge is 2.39. The molecule has 7 heteroatoms. The molecule has 3 rings (SSSR count). The van der Waals surface area contributed by atoms with Crippen molar-refractivity contribution in [2.45, 2.75) is 25.3 Å². The van der Waals surface area contributed by atoms with Crippen LogP contribution in [0.5, 0.6) is 0 Å². The van der Waals surface area contributed by atoms with Crippen molar-refractivity contribution in [2.75, 3.05) is 20.2 Å². The Balaban J connectivity index is 1.95. The summed E-state index contributed by atoms with van der Waals surface area (Å²) in [4.78, 5) is 26.7. The van der Waals surface area contributed by atoms with Crippen LogP contribution in [0.25, 0.3) is 0 Å². The van der Waals surface area contributed by atoms with Crippen LogP contribution in [0.15, 0.2) is 36.2 Å². The third-order valence-corrected chi connectivity index (χ3v) is 4.61. The molecule has 2 amide bonds. The van der Waals surface area contributed by atoms with Crippen LogP contribution in [0, 0.1) is 11.7 Å². The van der Waals surface area contributed by atoms with Crippen molar-refractivity contribution in [3.05, 3.63) is 47.5 Å². The van der Waals surface area contributed by atoms with Crippen LogP contribution >= 0.6 is 0 Å². The number of nitrogens with one attached hydrogen (secondary N) is 2. The molecule has 1 aromatic rings. The number of rotatable bonds is 3. The maximum absolute atomic E-state index is 13.2. The van der Waals surface area contributed by atoms with Crippen molar-refractivity contribution in [2.24, 2.45) is 5.92 Å². The number of carbonyl (C=O) groups excluding carboxylic acids is 2. The van der Waals surface area contributed by atoms with Gasteiger partial charge in [-0.1, -0.05) is 12.1 Å². The van der Waals surface area contributed by atoms with Crippen molar-refractivity contribution in [3.63, 3.8) is 0 Å². The summed E-state index contributed by atoms with van der Waals surface area (Å²) in [5.74, 6) is -1.54. The predicted octanol–water partition coefficient (Wildman–Crippen LogP) is 2.30. The Labute approximate surface area is 146 Å². The number of benzene rings is 1. The fourth-order valence-electron chi connectivity index (χ4n) is 3.34. The van der Waals surface area contributed by atoms with Gasteiger partial charge in [0.05, 0.1) is 18.8 Å². The Kier molecular flexibility index (Phi) is 5.21. The van der Waals surface area contributed by atoms with E-state index in [1.165, 1.54) is 25.7 Å². The number of hydrogen-bond donors (Lipinski definition) is 2. The van der Waals surface area contributed by atoms with Crippen LogP contribution in [0.3, 0.4) is 0 Å². The minimum Gasteiger partial charge on any atom is -0.468 e. The average molecular weight is 347 g/mol. The number of piperidine rings is 1. The fraction of sp³-hybridized carbons (Fsp3) is 0.444. The van der Waals surface area contributed by atoms with E-state index in [9.17, 15) is 14.0 Å². The fourth-order valence-corrected chi connectivity index (χ4v) is 3.34. The highest BCUT2D eigenvalue weighted by Crippen LogP contribution is 2.31. The number of methoxy groups -OCH3 is 1. The van der Waals surface area contributed by atoms with E-state index in [-0.39, 0.29) is 5.82 Å². The first-order valence-electron chi connectivity index (χ1n) is 8.45. The second-order valence-corrected chi connectivity index (χ2v) is 6.31. The van der Waals surface area contributed by atoms with E-state index in [1.54, 1.807) is 12.1 Å². The first-order chi connectivity index (χ1) is 12.1. The lowest BCUT2D eigenvalue weighted by molar-refractivity contribution is -0.145. The maximum Gasteiger partial charge on any atom is 0.319 e. The molecule has 2 N–H and O–H groups in total. The lowest BCUT2D eigenvalue weighted by atomic mass is 9.88. The number of ether oxygens (including phenoxy) is 1. The largest absolute Gasteiger partial charge is 0.468 e. The zero-order chi connectivity index (χ0) is 17.8. The maximum atomic E-state index is 13.2. The number of carbonyl (C=O) groups is 2. The first kappa shape index (κ1) is 17.3. The van der Waals surface area contributed by atoms with Crippen molar-refractivity contribution in [1.82, 2.24) is 15.5 Å². The van der Waals surface area contributed by atoms with Crippen LogP contribution < -0.4 is 10.6 Å². The summed E-state index contributed by atoms with van der Waals surface area (Å²) in [6.07, 6.45) is 5.20. The van der Waals surface area contributed by atoms with Crippen molar-refractivity contribution < 1.29 is 18.7 Å². The van der Waals surface area contributed by atoms with E-state index >= 15 is 0 Å². The molecular formula is C18H22FN3O3. The third kappa shape index (κ3) is 3.92. The highest BCUT2D eigenvalue weighted by molar-refractivity contribution is 5.85. The van der Waals surface area contributed by atoms with Crippen LogP contribution in [0.1, 0.15) is 30.9 Å². The Morgan fingerprint density at radius 1 is 1.24 bits per heavy atom. The summed E-state index contributed by atoms with van der Waals surface area (Å²) in [6.45, 7) is 1.78. The topological polar surface area (TPSA) is 70.7 Å². The summed E-state index contributed by atoms with van der Waals surface area (Å²) in [5.41, 5.74) is 1.16. The van der Waals surface area contributed by atoms with Crippen LogP contribution in [-0.2, 0) is 9.53 Å². The van der Waals surface area contributed by atoms with Gasteiger partial charge in [-0.05, 0) is 37.0 Å². The van der Waals surface area contributed by atoms with E-state index in [0.717, 1.165) is 25.9 Å². The normalized spacial score (nSPS) is 25.3. The molecule has 1 aromatic carbocycles. The zero-order valence-electron chi connectivity index (χ0n) is 14.1. The van der Waals surface area contributed by atoms with Gasteiger partial charge < -0.3 is 20.3 Å². The monoisotopic (exact) mass is 347 g/mol. The van der Waals surface area contributed by atoms with Gasteiger partial charge in [-0.3, -0.25) is 4.79 Å². The SMILES string of the molecule is COC(=O)[C@@H]1/C(=C\N2CCCCC2)NC(=O)N[C@@H]1c1ccc(F)cc1. The molecule has 0 unspecified atom stereocenters. The Bertz CT molecular complexity index is 669. The van der Waals surface area contributed by atoms with Gasteiger partial charge >= 0.3 is 12.0 Å². The van der Waals surface area contributed by atoms with E-state index in [4.69, 9.17) is 4.74 Å². The Morgan fingerprint density at radius 3 is 2.56 bits per heavy atom. The van der Waals surface area contributed by atoms with E-state index in [1.807, 2.05) is 6.20 Å². The number of hydrogen-bond acceptors (Lipinski definition) is 4. The van der Waals surface area contributed by atoms with Gasteiger partial charge in [-0.15, -0.1) is 0 Å². The van der Waals surface area contributed by atoms with Gasteiger partial charge in [0, 0.05) is 19.3 Å². The van der Waals surface area contributed by atoms with Crippen LogP contribution in [0.4, 0.5) is 9.18 Å². The zero-order valence-corrected chi connectivity index (χ0v) is 14.1. The second-order valence-electron chi connectivity index (χ2n) is 6.31. The second kappa shape index (κ2) is 7.55. The Hall–Kier alpha value is -2.57. The molecule has 2 heterocycles. The molecule has 0 spiro atoms. The molecule has 2 atom stereocenters. The minimum absolute atomic E-state index is 0.372. The lowest BCUT2D eigenvalue weighted by Crippen LogP contribution is -2.51. The number of esters is 1. The summed E-state index contributed by atoms with van der Waals surface area (Å²) < 4.78 is 18.2. The van der Waals surface area contributed by atoms with Crippen molar-refractivity contribution in [3.8, 4) is 0 Å². The van der Waals surface area contributed by atoms with Gasteiger partial charge in [0.2, 0.25) is 0 Å². The summed E-state index contributed by atoms with van der Waals surface area (Å²) in [5, 5.41) is 5.49. The molecule has 0 aromatic heterocycles. The quantitative estimate of drug-likeness (QED) is 0.823. The molecule has 0 aliphatic carbocycles. The minimum atomic E-state index is -0.713. The van der Waals surface area contributed by atoms with Crippen LogP contribution in [-0.4, -0.2) is 37.1 Å². The summed E-state index contributed by atoms with van der Waals surface area (Å²) in [6, 6.07) is 4.76. The van der Waals surface area contributed by atoms with Gasteiger partial charge in [0.15, 0.2) is 0 Å². The number of likely N-dealkylation sites (tertiary alicyclic amines) is 1. The summed E-state index contributed by atoms with van der Waals surface area (Å²) >= 11 is 0. The first-order valence-corrected chi connectivity index (χ1v) is 8.45. The highest BCUT2D eigenvalue weighted by atomic mass is 19.1. The molecule has 6 nitrogen and oxygen atoms in total. The molecule has 2 fully saturated rings. The number of urea groups is 1. The molecule has 25 heavy (non-hydrogen) atoms. The molecule has 0 bridgehead atoms. The van der Waals surface area contributed by atoms with Crippen molar-refractivity contribution in [1.29, 1.82) is 0 Å². The van der Waals surface area contributed by atoms with Gasteiger partial charge in [-0.25, -0.2) is 9.18 Å². The third-order valence-electron chi connectivity index (χ3n) is 4.61.